The molecule has 0 bridgehead atoms. The van der Waals surface area contributed by atoms with Crippen molar-refractivity contribution < 1.29 is 0 Å². The Morgan fingerprint density at radius 1 is 0.625 bits per heavy atom. The van der Waals surface area contributed by atoms with E-state index in [0.717, 1.165) is 0 Å². The maximum absolute atomic E-state index is 2.55. The van der Waals surface area contributed by atoms with Crippen molar-refractivity contribution in [1.82, 2.24) is 0 Å². The minimum absolute atomic E-state index is 0.0547. The van der Waals surface area contributed by atoms with Gasteiger partial charge in [0.1, 0.15) is 0 Å². The summed E-state index contributed by atoms with van der Waals surface area (Å²) < 4.78 is 0. The summed E-state index contributed by atoms with van der Waals surface area (Å²) in [4.78, 5) is 0. The first kappa shape index (κ1) is 16.4. The molecule has 0 aliphatic heterocycles. The molecule has 0 nitrogen and oxygen atoms in total. The predicted octanol–water partition coefficient (Wildman–Crippen LogP) is 5.47. The molecule has 0 amide bonds. The van der Waals surface area contributed by atoms with Crippen LogP contribution in [0.4, 0.5) is 0 Å². The van der Waals surface area contributed by atoms with Gasteiger partial charge < -0.3 is 0 Å². The van der Waals surface area contributed by atoms with Crippen molar-refractivity contribution in [3.63, 3.8) is 0 Å². The molecule has 0 aliphatic rings. The van der Waals surface area contributed by atoms with Gasteiger partial charge in [0.2, 0.25) is 0 Å². The summed E-state index contributed by atoms with van der Waals surface area (Å²) in [6, 6.07) is 3.25. The molecule has 0 N–H and O–H groups in total. The lowest BCUT2D eigenvalue weighted by molar-refractivity contribution is 0.688. The van der Waals surface area contributed by atoms with E-state index in [0.29, 0.717) is 0 Å². The van der Waals surface area contributed by atoms with Crippen LogP contribution in [0.1, 0.15) is 65.2 Å². The van der Waals surface area contributed by atoms with Gasteiger partial charge in [-0.15, -0.1) is 0 Å². The van der Waals surface area contributed by atoms with Crippen molar-refractivity contribution in [2.24, 2.45) is 0 Å². The first-order valence-electron chi connectivity index (χ1n) is 7.37. The highest BCUT2D eigenvalue weighted by atomic mass is 28.9. The second kappa shape index (κ2) is 11.9. The standard InChI is InChI=1S/C14H32Si2/c1-5-7-9-11-13-16(15(3)4)14-12-10-8-6-2/h5-14H2,1-4H3. The van der Waals surface area contributed by atoms with Crippen LogP contribution in [0.3, 0.4) is 0 Å². The van der Waals surface area contributed by atoms with Gasteiger partial charge in [0, 0.05) is 0 Å². The number of hydrogen-bond donors (Lipinski definition) is 0. The van der Waals surface area contributed by atoms with Crippen LogP contribution in [0.5, 0.6) is 0 Å². The van der Waals surface area contributed by atoms with Gasteiger partial charge in [-0.1, -0.05) is 78.3 Å². The highest BCUT2D eigenvalue weighted by molar-refractivity contribution is 6.95. The maximum atomic E-state index is 2.55. The van der Waals surface area contributed by atoms with Crippen molar-refractivity contribution in [3.8, 4) is 0 Å². The first-order valence-corrected chi connectivity index (χ1v) is 12.8. The average Bonchev–Trinajstić information content (AvgIpc) is 2.26. The summed E-state index contributed by atoms with van der Waals surface area (Å²) in [5.74, 6) is 0. The van der Waals surface area contributed by atoms with Gasteiger partial charge in [0.15, 0.2) is 0 Å². The lowest BCUT2D eigenvalue weighted by Crippen LogP contribution is -2.11. The predicted molar refractivity (Wildman–Crippen MR) is 81.1 cm³/mol. The van der Waals surface area contributed by atoms with E-state index in [-0.39, 0.29) is 15.8 Å². The molecule has 0 rings (SSSR count). The molecule has 0 aromatic rings. The molecule has 0 heterocycles. The summed E-state index contributed by atoms with van der Waals surface area (Å²) >= 11 is 0. The lowest BCUT2D eigenvalue weighted by Gasteiger charge is -2.08. The van der Waals surface area contributed by atoms with E-state index in [1.165, 1.54) is 51.4 Å². The second-order valence-corrected chi connectivity index (χ2v) is 14.6. The lowest BCUT2D eigenvalue weighted by atomic mass is 10.2. The summed E-state index contributed by atoms with van der Waals surface area (Å²) in [6.45, 7) is 9.73. The molecular formula is C14H32Si2. The second-order valence-electron chi connectivity index (χ2n) is 5.22. The Morgan fingerprint density at radius 2 is 1.06 bits per heavy atom. The van der Waals surface area contributed by atoms with Crippen molar-refractivity contribution in [2.45, 2.75) is 90.4 Å². The monoisotopic (exact) mass is 256 g/mol. The molecule has 0 fully saturated rings. The molecule has 2 heteroatoms. The molecule has 0 aromatic carbocycles. The van der Waals surface area contributed by atoms with E-state index in [2.05, 4.69) is 26.9 Å². The Balaban J connectivity index is 3.69. The van der Waals surface area contributed by atoms with E-state index in [1.54, 1.807) is 12.1 Å². The van der Waals surface area contributed by atoms with Crippen molar-refractivity contribution in [3.05, 3.63) is 0 Å². The molecule has 0 aliphatic carbocycles. The van der Waals surface area contributed by atoms with Gasteiger partial charge in [-0.2, -0.15) is 0 Å². The van der Waals surface area contributed by atoms with Crippen molar-refractivity contribution in [2.75, 3.05) is 0 Å². The van der Waals surface area contributed by atoms with Gasteiger partial charge in [-0.25, -0.2) is 0 Å². The Labute approximate surface area is 106 Å². The van der Waals surface area contributed by atoms with E-state index < -0.39 is 0 Å². The van der Waals surface area contributed by atoms with Crippen LogP contribution in [0.25, 0.3) is 0 Å². The van der Waals surface area contributed by atoms with Crippen LogP contribution in [-0.4, -0.2) is 15.8 Å². The fraction of sp³-hybridized carbons (Fsp3) is 1.00. The smallest absolute Gasteiger partial charge is 0.0126 e. The Hall–Kier alpha value is 0.434. The first-order chi connectivity index (χ1) is 7.72. The maximum Gasteiger partial charge on any atom is -0.0126 e. The minimum Gasteiger partial charge on any atom is -0.0654 e. The normalized spacial score (nSPS) is 10.5. The largest absolute Gasteiger partial charge is 0.0654 e. The highest BCUT2D eigenvalue weighted by Crippen LogP contribution is 2.10. The number of unbranched alkanes of at least 4 members (excludes halogenated alkanes) is 6. The molecule has 0 radical (unpaired) electrons. The Morgan fingerprint density at radius 3 is 1.38 bits per heavy atom. The fourth-order valence-electron chi connectivity index (χ4n) is 2.16. The third-order valence-electron chi connectivity index (χ3n) is 3.37. The van der Waals surface area contributed by atoms with Gasteiger partial charge >= 0.3 is 0 Å². The van der Waals surface area contributed by atoms with Crippen LogP contribution < -0.4 is 0 Å². The quantitative estimate of drug-likeness (QED) is 0.359. The van der Waals surface area contributed by atoms with Gasteiger partial charge in [0.25, 0.3) is 0 Å². The summed E-state index contributed by atoms with van der Waals surface area (Å²) in [5.41, 5.74) is 0. The van der Waals surface area contributed by atoms with Crippen LogP contribution >= 0.6 is 0 Å². The van der Waals surface area contributed by atoms with Gasteiger partial charge in [-0.05, 0) is 27.9 Å². The SMILES string of the molecule is CCCCCC[Si](CCCCCC)=[Si](C)C. The van der Waals surface area contributed by atoms with Gasteiger partial charge in [0.05, 0.1) is 0 Å². The van der Waals surface area contributed by atoms with E-state index in [9.17, 15) is 0 Å². The fourth-order valence-corrected chi connectivity index (χ4v) is 8.82. The van der Waals surface area contributed by atoms with Gasteiger partial charge in [-0.3, -0.25) is 0 Å². The van der Waals surface area contributed by atoms with Crippen LogP contribution in [0.15, 0.2) is 0 Å². The molecule has 16 heavy (non-hydrogen) atoms. The van der Waals surface area contributed by atoms with E-state index in [4.69, 9.17) is 0 Å². The molecule has 0 saturated carbocycles. The van der Waals surface area contributed by atoms with Crippen LogP contribution in [0.2, 0.25) is 25.2 Å². The molecule has 0 saturated heterocycles. The molecular weight excluding hydrogens is 224 g/mol. The highest BCUT2D eigenvalue weighted by Gasteiger charge is 2.01. The molecule has 0 aromatic heterocycles. The zero-order valence-electron chi connectivity index (χ0n) is 12.1. The van der Waals surface area contributed by atoms with E-state index >= 15 is 0 Å². The summed E-state index contributed by atoms with van der Waals surface area (Å²) in [6.07, 6.45) is 11.7. The topological polar surface area (TPSA) is 0 Å². The molecule has 96 valence electrons. The Bertz CT molecular complexity index is 167. The summed E-state index contributed by atoms with van der Waals surface area (Å²) in [5, 5.41) is 0. The number of hydrogen-bond acceptors (Lipinski definition) is 0. The third kappa shape index (κ3) is 9.64. The van der Waals surface area contributed by atoms with Crippen molar-refractivity contribution >= 4 is 15.8 Å². The number of rotatable bonds is 10. The zero-order valence-corrected chi connectivity index (χ0v) is 14.1. The zero-order chi connectivity index (χ0) is 12.2. The molecule has 0 atom stereocenters. The third-order valence-corrected chi connectivity index (χ3v) is 12.4. The minimum atomic E-state index is 0.0547. The van der Waals surface area contributed by atoms with Crippen LogP contribution in [0, 0.1) is 0 Å². The summed E-state index contributed by atoms with van der Waals surface area (Å²) in [7, 11) is 0.134. The molecule has 0 unspecified atom stereocenters. The Kier molecular flexibility index (Phi) is 12.2. The van der Waals surface area contributed by atoms with Crippen molar-refractivity contribution in [1.29, 1.82) is 0 Å². The van der Waals surface area contributed by atoms with Crippen LogP contribution in [-0.2, 0) is 0 Å². The van der Waals surface area contributed by atoms with E-state index in [1.807, 2.05) is 0 Å². The molecule has 0 spiro atoms. The average molecular weight is 257 g/mol.